The van der Waals surface area contributed by atoms with E-state index in [2.05, 4.69) is 20.9 Å². The van der Waals surface area contributed by atoms with Crippen molar-refractivity contribution in [2.45, 2.75) is 11.2 Å². The summed E-state index contributed by atoms with van der Waals surface area (Å²) in [4.78, 5) is 26.9. The summed E-state index contributed by atoms with van der Waals surface area (Å²) in [6.45, 7) is 0.610. The van der Waals surface area contributed by atoms with Gasteiger partial charge in [0.25, 0.3) is 0 Å². The van der Waals surface area contributed by atoms with Crippen LogP contribution in [0.5, 0.6) is 0 Å². The summed E-state index contributed by atoms with van der Waals surface area (Å²) in [5.41, 5.74) is -0.187. The third-order valence-corrected chi connectivity index (χ3v) is 2.73. The molecule has 74 valence electrons. The van der Waals surface area contributed by atoms with E-state index in [-0.39, 0.29) is 16.3 Å². The second-order valence-corrected chi connectivity index (χ2v) is 4.50. The van der Waals surface area contributed by atoms with Gasteiger partial charge in [0.1, 0.15) is 5.82 Å². The first-order valence-electron chi connectivity index (χ1n) is 4.30. The highest BCUT2D eigenvalue weighted by Crippen LogP contribution is 2.22. The van der Waals surface area contributed by atoms with Gasteiger partial charge in [0.05, 0.1) is 0 Å². The van der Waals surface area contributed by atoms with Crippen LogP contribution in [0.2, 0.25) is 0 Å². The second kappa shape index (κ2) is 3.57. The van der Waals surface area contributed by atoms with E-state index in [0.717, 1.165) is 0 Å². The van der Waals surface area contributed by atoms with Crippen LogP contribution in [-0.2, 0) is 4.79 Å². The molecule has 1 amide bonds. The highest BCUT2D eigenvalue weighted by molar-refractivity contribution is 9.09. The molecule has 1 aliphatic rings. The molecule has 1 atom stereocenters. The van der Waals surface area contributed by atoms with E-state index in [1.54, 1.807) is 17.0 Å². The fourth-order valence-electron chi connectivity index (χ4n) is 1.49. The molecule has 14 heavy (non-hydrogen) atoms. The quantitative estimate of drug-likeness (QED) is 0.759. The van der Waals surface area contributed by atoms with E-state index >= 15 is 0 Å². The van der Waals surface area contributed by atoms with Gasteiger partial charge in [0.2, 0.25) is 11.5 Å². The lowest BCUT2D eigenvalue weighted by atomic mass is 10.4. The molecule has 0 bridgehead atoms. The number of nitrogens with zero attached hydrogens (tertiary/aromatic N) is 1. The molecule has 0 aromatic carbocycles. The monoisotopic (exact) mass is 256 g/mol. The summed E-state index contributed by atoms with van der Waals surface area (Å²) in [6.07, 6.45) is 0.483. The maximum atomic E-state index is 11.5. The Bertz CT molecular complexity index is 415. The van der Waals surface area contributed by atoms with Crippen LogP contribution in [0.1, 0.15) is 6.42 Å². The SMILES string of the molecule is O=C1CC(Br)CN1c1cccc(=O)[nH]1. The summed E-state index contributed by atoms with van der Waals surface area (Å²) in [7, 11) is 0. The fourth-order valence-corrected chi connectivity index (χ4v) is 2.06. The van der Waals surface area contributed by atoms with Gasteiger partial charge in [-0.25, -0.2) is 0 Å². The van der Waals surface area contributed by atoms with Gasteiger partial charge < -0.3 is 4.98 Å². The number of hydrogen-bond acceptors (Lipinski definition) is 2. The molecule has 4 nitrogen and oxygen atoms in total. The number of anilines is 1. The van der Waals surface area contributed by atoms with Gasteiger partial charge in [-0.2, -0.15) is 0 Å². The summed E-state index contributed by atoms with van der Waals surface area (Å²) in [5, 5.41) is 0. The smallest absolute Gasteiger partial charge is 0.249 e. The molecule has 1 aliphatic heterocycles. The van der Waals surface area contributed by atoms with Gasteiger partial charge in [-0.15, -0.1) is 0 Å². The van der Waals surface area contributed by atoms with Crippen molar-refractivity contribution < 1.29 is 4.79 Å². The Balaban J connectivity index is 2.32. The molecule has 1 aromatic rings. The van der Waals surface area contributed by atoms with Crippen LogP contribution in [0, 0.1) is 0 Å². The summed E-state index contributed by atoms with van der Waals surface area (Å²) in [6, 6.07) is 4.79. The first-order chi connectivity index (χ1) is 6.66. The molecule has 5 heteroatoms. The third-order valence-electron chi connectivity index (χ3n) is 2.12. The molecule has 1 saturated heterocycles. The van der Waals surface area contributed by atoms with Crippen LogP contribution in [0.4, 0.5) is 5.82 Å². The largest absolute Gasteiger partial charge is 0.308 e. The number of halogens is 1. The number of alkyl halides is 1. The Morgan fingerprint density at radius 1 is 1.43 bits per heavy atom. The van der Waals surface area contributed by atoms with Crippen molar-refractivity contribution in [3.63, 3.8) is 0 Å². The summed E-state index contributed by atoms with van der Waals surface area (Å²) in [5.74, 6) is 0.609. The number of nitrogens with one attached hydrogen (secondary N) is 1. The summed E-state index contributed by atoms with van der Waals surface area (Å²) >= 11 is 3.38. The number of amides is 1. The van der Waals surface area contributed by atoms with Crippen molar-refractivity contribution in [1.82, 2.24) is 4.98 Å². The Morgan fingerprint density at radius 3 is 2.79 bits per heavy atom. The molecule has 0 spiro atoms. The summed E-state index contributed by atoms with van der Waals surface area (Å²) < 4.78 is 0. The molecular formula is C9H9BrN2O2. The van der Waals surface area contributed by atoms with Crippen molar-refractivity contribution in [1.29, 1.82) is 0 Å². The van der Waals surface area contributed by atoms with Crippen molar-refractivity contribution in [3.05, 3.63) is 28.6 Å². The molecule has 1 aromatic heterocycles. The van der Waals surface area contributed by atoms with Gasteiger partial charge in [-0.05, 0) is 6.07 Å². The Hall–Kier alpha value is -1.10. The Morgan fingerprint density at radius 2 is 2.21 bits per heavy atom. The van der Waals surface area contributed by atoms with E-state index < -0.39 is 0 Å². The lowest BCUT2D eigenvalue weighted by molar-refractivity contribution is -0.117. The number of aromatic amines is 1. The maximum Gasteiger partial charge on any atom is 0.249 e. The molecule has 0 radical (unpaired) electrons. The van der Waals surface area contributed by atoms with Gasteiger partial charge in [0.15, 0.2) is 0 Å². The standard InChI is InChI=1S/C9H9BrN2O2/c10-6-4-9(14)12(5-6)7-2-1-3-8(13)11-7/h1-3,6H,4-5H2,(H,11,13). The van der Waals surface area contributed by atoms with E-state index in [1.165, 1.54) is 6.07 Å². The topological polar surface area (TPSA) is 53.2 Å². The zero-order valence-electron chi connectivity index (χ0n) is 7.37. The number of aromatic nitrogens is 1. The van der Waals surface area contributed by atoms with Gasteiger partial charge in [-0.3, -0.25) is 14.5 Å². The zero-order valence-corrected chi connectivity index (χ0v) is 8.95. The van der Waals surface area contributed by atoms with E-state index in [1.807, 2.05) is 0 Å². The predicted octanol–water partition coefficient (Wildman–Crippen LogP) is 0.875. The van der Waals surface area contributed by atoms with Gasteiger partial charge in [-0.1, -0.05) is 22.0 Å². The number of carbonyl (C=O) groups is 1. The van der Waals surface area contributed by atoms with Crippen LogP contribution >= 0.6 is 15.9 Å². The Kier molecular flexibility index (Phi) is 2.41. The molecule has 0 aliphatic carbocycles. The number of hydrogen-bond donors (Lipinski definition) is 1. The third kappa shape index (κ3) is 1.72. The van der Waals surface area contributed by atoms with Crippen LogP contribution in [0.15, 0.2) is 23.0 Å². The van der Waals surface area contributed by atoms with E-state index in [0.29, 0.717) is 18.8 Å². The van der Waals surface area contributed by atoms with Gasteiger partial charge >= 0.3 is 0 Å². The predicted molar refractivity (Wildman–Crippen MR) is 56.7 cm³/mol. The minimum absolute atomic E-state index is 0.0359. The minimum atomic E-state index is -0.187. The van der Waals surface area contributed by atoms with Crippen LogP contribution < -0.4 is 10.5 Å². The zero-order chi connectivity index (χ0) is 10.1. The van der Waals surface area contributed by atoms with Crippen molar-refractivity contribution in [2.75, 3.05) is 11.4 Å². The van der Waals surface area contributed by atoms with Crippen molar-refractivity contribution in [3.8, 4) is 0 Å². The van der Waals surface area contributed by atoms with E-state index in [9.17, 15) is 9.59 Å². The van der Waals surface area contributed by atoms with Crippen molar-refractivity contribution in [2.24, 2.45) is 0 Å². The van der Waals surface area contributed by atoms with Crippen molar-refractivity contribution >= 4 is 27.7 Å². The average Bonchev–Trinajstić information content (AvgIpc) is 2.45. The number of carbonyl (C=O) groups excluding carboxylic acids is 1. The number of rotatable bonds is 1. The molecular weight excluding hydrogens is 248 g/mol. The molecule has 0 saturated carbocycles. The van der Waals surface area contributed by atoms with E-state index in [4.69, 9.17) is 0 Å². The molecule has 1 fully saturated rings. The first-order valence-corrected chi connectivity index (χ1v) is 5.22. The number of H-pyrrole nitrogens is 1. The number of pyridine rings is 1. The molecule has 1 N–H and O–H groups in total. The molecule has 2 heterocycles. The normalized spacial score (nSPS) is 21.6. The molecule has 2 rings (SSSR count). The average molecular weight is 257 g/mol. The lowest BCUT2D eigenvalue weighted by Gasteiger charge is -2.14. The second-order valence-electron chi connectivity index (χ2n) is 3.21. The minimum Gasteiger partial charge on any atom is -0.308 e. The molecule has 1 unspecified atom stereocenters. The highest BCUT2D eigenvalue weighted by atomic mass is 79.9. The van der Waals surface area contributed by atoms with Crippen LogP contribution in [-0.4, -0.2) is 22.3 Å². The Labute approximate surface area is 89.1 Å². The lowest BCUT2D eigenvalue weighted by Crippen LogP contribution is -2.27. The first kappa shape index (κ1) is 9.45. The van der Waals surface area contributed by atoms with Gasteiger partial charge in [0, 0.05) is 23.9 Å². The van der Waals surface area contributed by atoms with Crippen LogP contribution in [0.25, 0.3) is 0 Å². The maximum absolute atomic E-state index is 11.5. The fraction of sp³-hybridized carbons (Fsp3) is 0.333. The van der Waals surface area contributed by atoms with Crippen LogP contribution in [0.3, 0.4) is 0 Å². The highest BCUT2D eigenvalue weighted by Gasteiger charge is 2.29.